The molecule has 0 radical (unpaired) electrons. The van der Waals surface area contributed by atoms with Gasteiger partial charge in [-0.15, -0.1) is 18.8 Å². The predicted molar refractivity (Wildman–Crippen MR) is 99.1 cm³/mol. The van der Waals surface area contributed by atoms with E-state index in [1.165, 1.54) is 5.56 Å². The number of hydrogen-bond acceptors (Lipinski definition) is 1. The van der Waals surface area contributed by atoms with Crippen molar-refractivity contribution in [1.82, 2.24) is 0 Å². The van der Waals surface area contributed by atoms with Gasteiger partial charge >= 0.3 is 0 Å². The molecule has 1 N–H and O–H groups in total. The summed E-state index contributed by atoms with van der Waals surface area (Å²) in [5.74, 6) is 0.464. The molecule has 3 heteroatoms. The molecule has 0 spiro atoms. The third kappa shape index (κ3) is 7.74. The minimum Gasteiger partial charge on any atom is -0.507 e. The van der Waals surface area contributed by atoms with Crippen LogP contribution in [0.3, 0.4) is 0 Å². The minimum atomic E-state index is -0.0178. The second-order valence-electron chi connectivity index (χ2n) is 7.71. The number of rotatable bonds is 0. The van der Waals surface area contributed by atoms with Crippen LogP contribution >= 0.6 is 12.4 Å². The first kappa shape index (κ1) is 24.8. The van der Waals surface area contributed by atoms with Crippen molar-refractivity contribution in [2.45, 2.75) is 65.7 Å². The number of phenolic OH excluding ortho intramolecular Hbond substituents is 1. The minimum absolute atomic E-state index is 0. The summed E-state index contributed by atoms with van der Waals surface area (Å²) in [6, 6.07) is 4.18. The van der Waals surface area contributed by atoms with Gasteiger partial charge in [0.2, 0.25) is 0 Å². The Labute approximate surface area is 163 Å². The van der Waals surface area contributed by atoms with E-state index in [4.69, 9.17) is 0 Å². The Morgan fingerprint density at radius 1 is 0.957 bits per heavy atom. The van der Waals surface area contributed by atoms with Crippen molar-refractivity contribution in [2.24, 2.45) is 0 Å². The maximum Gasteiger partial charge on any atom is 0.123 e. The van der Waals surface area contributed by atoms with Gasteiger partial charge in [0.1, 0.15) is 5.75 Å². The Morgan fingerprint density at radius 3 is 1.61 bits per heavy atom. The van der Waals surface area contributed by atoms with Gasteiger partial charge in [-0.25, -0.2) is 12.2 Å². The topological polar surface area (TPSA) is 20.2 Å². The average molecular weight is 370 g/mol. The van der Waals surface area contributed by atoms with E-state index >= 15 is 0 Å². The van der Waals surface area contributed by atoms with Crippen molar-refractivity contribution in [3.63, 3.8) is 0 Å². The largest absolute Gasteiger partial charge is 0.507 e. The molecule has 0 bridgehead atoms. The number of halogens is 1. The third-order valence-electron chi connectivity index (χ3n) is 3.46. The van der Waals surface area contributed by atoms with Crippen molar-refractivity contribution >= 4 is 12.4 Å². The zero-order valence-corrected chi connectivity index (χ0v) is 17.8. The van der Waals surface area contributed by atoms with Gasteiger partial charge < -0.3 is 5.11 Å². The molecule has 1 aromatic carbocycles. The summed E-state index contributed by atoms with van der Waals surface area (Å²) in [6.45, 7) is 14.9. The number of benzene rings is 1. The molecule has 0 saturated heterocycles. The fourth-order valence-corrected chi connectivity index (χ4v) is 2.26. The van der Waals surface area contributed by atoms with Gasteiger partial charge in [-0.05, 0) is 28.9 Å². The summed E-state index contributed by atoms with van der Waals surface area (Å²) in [4.78, 5) is 0. The van der Waals surface area contributed by atoms with E-state index in [-0.39, 0.29) is 45.0 Å². The average Bonchev–Trinajstić information content (AvgIpc) is 2.87. The zero-order valence-electron chi connectivity index (χ0n) is 15.4. The number of allylic oxidation sites excluding steroid dienone is 4. The second-order valence-corrected chi connectivity index (χ2v) is 7.71. The first-order valence-corrected chi connectivity index (χ1v) is 7.60. The summed E-state index contributed by atoms with van der Waals surface area (Å²) in [5, 5.41) is 10.4. The molecule has 0 fully saturated rings. The van der Waals surface area contributed by atoms with Gasteiger partial charge in [-0.1, -0.05) is 59.2 Å². The summed E-state index contributed by atoms with van der Waals surface area (Å²) >= 11 is 0. The van der Waals surface area contributed by atoms with Crippen LogP contribution in [0.5, 0.6) is 5.75 Å². The van der Waals surface area contributed by atoms with Gasteiger partial charge in [-0.2, -0.15) is 6.08 Å². The molecule has 23 heavy (non-hydrogen) atoms. The fraction of sp³-hybridized carbons (Fsp3) is 0.500. The van der Waals surface area contributed by atoms with Gasteiger partial charge in [-0.3, -0.25) is 6.08 Å². The summed E-state index contributed by atoms with van der Waals surface area (Å²) < 4.78 is 0. The normalized spacial score (nSPS) is 12.8. The maximum atomic E-state index is 10.4. The molecule has 0 saturated carbocycles. The van der Waals surface area contributed by atoms with Gasteiger partial charge in [0.05, 0.1) is 0 Å². The molecule has 0 atom stereocenters. The van der Waals surface area contributed by atoms with E-state index in [9.17, 15) is 5.11 Å². The standard InChI is InChI=1S/C15H24O.C5H5.ClH.Ti/c1-10-8-11(14(2,3)4)13(16)12(9-10)15(5,6)7;1-2-4-5-3-1;;/h8-9,16H,1-7H3;1-3H,4H2;1H;/q;-1;;. The van der Waals surface area contributed by atoms with Crippen molar-refractivity contribution in [1.29, 1.82) is 0 Å². The van der Waals surface area contributed by atoms with Gasteiger partial charge in [0, 0.05) is 21.7 Å². The monoisotopic (exact) mass is 369 g/mol. The molecule has 0 heterocycles. The molecular formula is C20H30ClOTi-. The van der Waals surface area contributed by atoms with Crippen LogP contribution in [0.1, 0.15) is 64.7 Å². The van der Waals surface area contributed by atoms with Gasteiger partial charge in [0.25, 0.3) is 0 Å². The molecule has 128 valence electrons. The van der Waals surface area contributed by atoms with Crippen LogP contribution in [0.2, 0.25) is 0 Å². The molecule has 0 unspecified atom stereocenters. The molecule has 0 amide bonds. The van der Waals surface area contributed by atoms with E-state index in [0.717, 1.165) is 17.5 Å². The Kier molecular flexibility index (Phi) is 10.5. The molecule has 1 aliphatic carbocycles. The number of aryl methyl sites for hydroxylation is 1. The van der Waals surface area contributed by atoms with Crippen LogP contribution < -0.4 is 0 Å². The quantitative estimate of drug-likeness (QED) is 0.438. The van der Waals surface area contributed by atoms with Crippen molar-refractivity contribution < 1.29 is 26.8 Å². The SMILES string of the molecule is Cc1cc(C(C)(C)C)c(O)c(C(C)(C)C)c1.Cl.[C-]1=CC=CC1.[Ti]. The molecule has 1 aliphatic rings. The predicted octanol–water partition coefficient (Wildman–Crippen LogP) is 6.02. The summed E-state index contributed by atoms with van der Waals surface area (Å²) in [6.07, 6.45) is 10.0. The van der Waals surface area contributed by atoms with Crippen LogP contribution in [0.25, 0.3) is 0 Å². The molecule has 0 aliphatic heterocycles. The summed E-state index contributed by atoms with van der Waals surface area (Å²) in [7, 11) is 0. The van der Waals surface area contributed by atoms with E-state index in [0.29, 0.717) is 5.75 Å². The Morgan fingerprint density at radius 2 is 1.39 bits per heavy atom. The fourth-order valence-electron chi connectivity index (χ4n) is 2.26. The van der Waals surface area contributed by atoms with Gasteiger partial charge in [0.15, 0.2) is 0 Å². The number of phenols is 1. The van der Waals surface area contributed by atoms with E-state index in [1.54, 1.807) is 0 Å². The first-order valence-electron chi connectivity index (χ1n) is 7.60. The summed E-state index contributed by atoms with van der Waals surface area (Å²) in [5.41, 5.74) is 3.26. The van der Waals surface area contributed by atoms with Crippen molar-refractivity contribution in [2.75, 3.05) is 0 Å². The zero-order chi connectivity index (χ0) is 16.3. The molecule has 2 rings (SSSR count). The van der Waals surface area contributed by atoms with Crippen LogP contribution in [0, 0.1) is 13.0 Å². The third-order valence-corrected chi connectivity index (χ3v) is 3.46. The van der Waals surface area contributed by atoms with Crippen LogP contribution in [0.4, 0.5) is 0 Å². The smallest absolute Gasteiger partial charge is 0.123 e. The first-order chi connectivity index (χ1) is 9.53. The van der Waals surface area contributed by atoms with Crippen molar-refractivity contribution in [3.05, 3.63) is 53.1 Å². The molecular weight excluding hydrogens is 340 g/mol. The maximum absolute atomic E-state index is 10.4. The number of aromatic hydroxyl groups is 1. The van der Waals surface area contributed by atoms with Crippen LogP contribution in [-0.4, -0.2) is 5.11 Å². The molecule has 0 aromatic heterocycles. The Bertz CT molecular complexity index is 501. The molecule has 1 nitrogen and oxygen atoms in total. The van der Waals surface area contributed by atoms with E-state index in [2.05, 4.69) is 72.8 Å². The van der Waals surface area contributed by atoms with Crippen molar-refractivity contribution in [3.8, 4) is 5.75 Å². The van der Waals surface area contributed by atoms with E-state index in [1.807, 2.05) is 12.2 Å². The Hall–Kier alpha value is -0.496. The second kappa shape index (κ2) is 9.72. The number of hydrogen-bond donors (Lipinski definition) is 1. The van der Waals surface area contributed by atoms with E-state index < -0.39 is 0 Å². The van der Waals surface area contributed by atoms with Crippen LogP contribution in [-0.2, 0) is 32.5 Å². The molecule has 1 aromatic rings. The van der Waals surface area contributed by atoms with Crippen LogP contribution in [0.15, 0.2) is 30.4 Å². The Balaban J connectivity index is 0.